The predicted octanol–water partition coefficient (Wildman–Crippen LogP) is 1.50. The maximum Gasteiger partial charge on any atom is 0.413 e. The summed E-state index contributed by atoms with van der Waals surface area (Å²) in [7, 11) is 0. The molecule has 0 atom stereocenters. The van der Waals surface area contributed by atoms with Crippen LogP contribution in [0.25, 0.3) is 0 Å². The summed E-state index contributed by atoms with van der Waals surface area (Å²) in [5, 5.41) is 0. The summed E-state index contributed by atoms with van der Waals surface area (Å²) >= 11 is 0. The van der Waals surface area contributed by atoms with Gasteiger partial charge in [0.2, 0.25) is 0 Å². The Labute approximate surface area is 75.2 Å². The summed E-state index contributed by atoms with van der Waals surface area (Å²) in [6, 6.07) is 0. The summed E-state index contributed by atoms with van der Waals surface area (Å²) in [5.41, 5.74) is 2.20. The Morgan fingerprint density at radius 2 is 2.00 bits per heavy atom. The van der Waals surface area contributed by atoms with Crippen molar-refractivity contribution in [2.75, 3.05) is 26.4 Å². The maximum absolute atomic E-state index is 11.5. The van der Waals surface area contributed by atoms with Gasteiger partial charge < -0.3 is 4.74 Å². The van der Waals surface area contributed by atoms with Crippen LogP contribution in [0.1, 0.15) is 13.3 Å². The average molecular weight is 201 g/mol. The lowest BCUT2D eigenvalue weighted by Gasteiger charge is -2.07. The largest absolute Gasteiger partial charge is 0.413 e. The number of hydrogen-bond donors (Lipinski definition) is 1. The van der Waals surface area contributed by atoms with E-state index in [1.807, 2.05) is 6.92 Å². The third-order valence-electron chi connectivity index (χ3n) is 1.11. The molecule has 0 aromatic rings. The monoisotopic (exact) mass is 201 g/mol. The van der Waals surface area contributed by atoms with Crippen molar-refractivity contribution in [1.29, 1.82) is 0 Å². The Kier molecular flexibility index (Phi) is 6.93. The fraction of sp³-hybridized carbons (Fsp3) is 1.00. The smallest absolute Gasteiger partial charge is 0.382 e. The van der Waals surface area contributed by atoms with E-state index in [0.717, 1.165) is 0 Å². The second-order valence-corrected chi connectivity index (χ2v) is 2.35. The van der Waals surface area contributed by atoms with Gasteiger partial charge in [-0.25, -0.2) is 5.48 Å². The first-order chi connectivity index (χ1) is 6.06. The van der Waals surface area contributed by atoms with E-state index < -0.39 is 12.8 Å². The summed E-state index contributed by atoms with van der Waals surface area (Å²) in [6.07, 6.45) is -3.64. The van der Waals surface area contributed by atoms with Gasteiger partial charge in [-0.15, -0.1) is 0 Å². The van der Waals surface area contributed by atoms with Crippen LogP contribution in [0.15, 0.2) is 0 Å². The molecule has 0 saturated carbocycles. The molecule has 80 valence electrons. The number of nitrogens with one attached hydrogen (secondary N) is 1. The zero-order valence-electron chi connectivity index (χ0n) is 7.49. The van der Waals surface area contributed by atoms with Crippen molar-refractivity contribution >= 4 is 0 Å². The van der Waals surface area contributed by atoms with E-state index in [4.69, 9.17) is 4.74 Å². The van der Waals surface area contributed by atoms with Crippen molar-refractivity contribution in [2.45, 2.75) is 19.5 Å². The molecule has 0 aliphatic heterocycles. The highest BCUT2D eigenvalue weighted by Crippen LogP contribution is 2.13. The van der Waals surface area contributed by atoms with Crippen LogP contribution < -0.4 is 5.48 Å². The van der Waals surface area contributed by atoms with Crippen LogP contribution in [0.2, 0.25) is 0 Å². The van der Waals surface area contributed by atoms with Gasteiger partial charge >= 0.3 is 6.18 Å². The number of rotatable bonds is 7. The van der Waals surface area contributed by atoms with Gasteiger partial charge in [-0.1, -0.05) is 0 Å². The Morgan fingerprint density at radius 1 is 1.31 bits per heavy atom. The minimum absolute atomic E-state index is 0.357. The van der Waals surface area contributed by atoms with Crippen LogP contribution >= 0.6 is 0 Å². The first-order valence-electron chi connectivity index (χ1n) is 4.05. The standard InChI is InChI=1S/C7H14F3NO2/c1-2-12-5-3-4-11-13-6-7(8,9)10/h11H,2-6H2,1H3. The number of hydrogen-bond acceptors (Lipinski definition) is 3. The molecule has 0 unspecified atom stereocenters. The lowest BCUT2D eigenvalue weighted by atomic mass is 10.5. The lowest BCUT2D eigenvalue weighted by molar-refractivity contribution is -0.189. The summed E-state index contributed by atoms with van der Waals surface area (Å²) in [4.78, 5) is 4.15. The third-order valence-corrected chi connectivity index (χ3v) is 1.11. The molecule has 0 heterocycles. The molecule has 0 aromatic heterocycles. The molecule has 0 fully saturated rings. The average Bonchev–Trinajstić information content (AvgIpc) is 2.01. The van der Waals surface area contributed by atoms with Crippen LogP contribution in [-0.4, -0.2) is 32.5 Å². The molecule has 0 aliphatic carbocycles. The fourth-order valence-electron chi connectivity index (χ4n) is 0.596. The lowest BCUT2D eigenvalue weighted by Crippen LogP contribution is -2.25. The minimum atomic E-state index is -4.27. The second-order valence-electron chi connectivity index (χ2n) is 2.35. The topological polar surface area (TPSA) is 30.5 Å². The van der Waals surface area contributed by atoms with E-state index >= 15 is 0 Å². The molecule has 1 N–H and O–H groups in total. The zero-order valence-corrected chi connectivity index (χ0v) is 7.49. The molecular formula is C7H14F3NO2. The number of ether oxygens (including phenoxy) is 1. The van der Waals surface area contributed by atoms with Gasteiger partial charge in [-0.3, -0.25) is 4.84 Å². The first kappa shape index (κ1) is 12.7. The quantitative estimate of drug-likeness (QED) is 0.500. The van der Waals surface area contributed by atoms with E-state index in [9.17, 15) is 13.2 Å². The van der Waals surface area contributed by atoms with Gasteiger partial charge in [-0.05, 0) is 13.3 Å². The van der Waals surface area contributed by atoms with Gasteiger partial charge in [-0.2, -0.15) is 13.2 Å². The van der Waals surface area contributed by atoms with Gasteiger partial charge in [0, 0.05) is 19.8 Å². The Hall–Kier alpha value is -0.330. The number of hydroxylamine groups is 1. The van der Waals surface area contributed by atoms with E-state index in [-0.39, 0.29) is 0 Å². The second kappa shape index (κ2) is 7.11. The predicted molar refractivity (Wildman–Crippen MR) is 41.1 cm³/mol. The molecular weight excluding hydrogens is 187 g/mol. The van der Waals surface area contributed by atoms with E-state index in [0.29, 0.717) is 26.2 Å². The molecule has 0 radical (unpaired) electrons. The van der Waals surface area contributed by atoms with Crippen LogP contribution in [-0.2, 0) is 9.57 Å². The molecule has 0 amide bonds. The molecule has 0 rings (SSSR count). The molecule has 0 spiro atoms. The van der Waals surface area contributed by atoms with Crippen molar-refractivity contribution in [2.24, 2.45) is 0 Å². The van der Waals surface area contributed by atoms with Crippen LogP contribution in [0.3, 0.4) is 0 Å². The Balaban J connectivity index is 3.00. The van der Waals surface area contributed by atoms with Crippen molar-refractivity contribution in [3.05, 3.63) is 0 Å². The van der Waals surface area contributed by atoms with Gasteiger partial charge in [0.15, 0.2) is 6.61 Å². The number of halogens is 3. The first-order valence-corrected chi connectivity index (χ1v) is 4.05. The molecule has 0 aromatic carbocycles. The molecule has 6 heteroatoms. The fourth-order valence-corrected chi connectivity index (χ4v) is 0.596. The summed E-state index contributed by atoms with van der Waals surface area (Å²) in [6.45, 7) is 2.09. The number of alkyl halides is 3. The zero-order chi connectivity index (χ0) is 10.2. The Bertz CT molecular complexity index is 119. The van der Waals surface area contributed by atoms with Crippen molar-refractivity contribution in [3.63, 3.8) is 0 Å². The van der Waals surface area contributed by atoms with E-state index in [2.05, 4.69) is 10.3 Å². The maximum atomic E-state index is 11.5. The van der Waals surface area contributed by atoms with Crippen LogP contribution in [0.4, 0.5) is 13.2 Å². The van der Waals surface area contributed by atoms with Crippen molar-refractivity contribution in [1.82, 2.24) is 5.48 Å². The van der Waals surface area contributed by atoms with Gasteiger partial charge in [0.25, 0.3) is 0 Å². The Morgan fingerprint density at radius 3 is 2.54 bits per heavy atom. The van der Waals surface area contributed by atoms with Gasteiger partial charge in [0.05, 0.1) is 0 Å². The highest BCUT2D eigenvalue weighted by Gasteiger charge is 2.27. The summed E-state index contributed by atoms with van der Waals surface area (Å²) in [5.74, 6) is 0. The molecule has 0 bridgehead atoms. The molecule has 0 saturated heterocycles. The third kappa shape index (κ3) is 11.7. The van der Waals surface area contributed by atoms with Crippen LogP contribution in [0.5, 0.6) is 0 Å². The van der Waals surface area contributed by atoms with Crippen LogP contribution in [0, 0.1) is 0 Å². The SMILES string of the molecule is CCOCCCNOCC(F)(F)F. The highest BCUT2D eigenvalue weighted by molar-refractivity contribution is 4.44. The molecule has 13 heavy (non-hydrogen) atoms. The highest BCUT2D eigenvalue weighted by atomic mass is 19.4. The van der Waals surface area contributed by atoms with E-state index in [1.54, 1.807) is 0 Å². The van der Waals surface area contributed by atoms with E-state index in [1.165, 1.54) is 0 Å². The van der Waals surface area contributed by atoms with Crippen molar-refractivity contribution < 1.29 is 22.7 Å². The van der Waals surface area contributed by atoms with Crippen molar-refractivity contribution in [3.8, 4) is 0 Å². The summed E-state index contributed by atoms with van der Waals surface area (Å²) < 4.78 is 39.5. The normalized spacial score (nSPS) is 12.0. The van der Waals surface area contributed by atoms with Gasteiger partial charge in [0.1, 0.15) is 0 Å². The molecule has 3 nitrogen and oxygen atoms in total. The minimum Gasteiger partial charge on any atom is -0.382 e. The molecule has 0 aliphatic rings.